The fourth-order valence-electron chi connectivity index (χ4n) is 5.45. The van der Waals surface area contributed by atoms with Crippen molar-refractivity contribution in [3.8, 4) is 6.07 Å². The number of nitrogens with zero attached hydrogens (tertiary/aromatic N) is 4. The number of rotatable bonds is 6. The summed E-state index contributed by atoms with van der Waals surface area (Å²) in [6, 6.07) is 9.48. The smallest absolute Gasteiger partial charge is 0.403 e. The predicted octanol–water partition coefficient (Wildman–Crippen LogP) is 4.87. The van der Waals surface area contributed by atoms with Gasteiger partial charge in [0.15, 0.2) is 11.9 Å². The maximum atomic E-state index is 13.6. The molecule has 2 aromatic heterocycles. The van der Waals surface area contributed by atoms with Crippen molar-refractivity contribution in [2.45, 2.75) is 74.5 Å². The second-order valence-electron chi connectivity index (χ2n) is 11.6. The summed E-state index contributed by atoms with van der Waals surface area (Å²) in [4.78, 5) is 28.2. The molecule has 0 radical (unpaired) electrons. The van der Waals surface area contributed by atoms with Crippen molar-refractivity contribution < 1.29 is 36.5 Å². The number of nitrogens with one attached hydrogen (secondary N) is 2. The van der Waals surface area contributed by atoms with Crippen LogP contribution in [0.15, 0.2) is 46.2 Å². The molecule has 0 bridgehead atoms. The van der Waals surface area contributed by atoms with E-state index in [9.17, 15) is 37.1 Å². The molecule has 2 aliphatic rings. The van der Waals surface area contributed by atoms with E-state index < -0.39 is 58.4 Å². The number of halogens is 3. The van der Waals surface area contributed by atoms with Crippen molar-refractivity contribution in [2.75, 3.05) is 18.5 Å². The number of pyridine rings is 1. The number of hydrogen-bond donors (Lipinski definition) is 4. The number of anilines is 1. The van der Waals surface area contributed by atoms with Crippen molar-refractivity contribution in [2.24, 2.45) is 0 Å². The van der Waals surface area contributed by atoms with Gasteiger partial charge in [0.1, 0.15) is 23.7 Å². The second kappa shape index (κ2) is 10.8. The summed E-state index contributed by atoms with van der Waals surface area (Å²) >= 11 is 0. The molecule has 16 heteroatoms. The number of carbonyl (C=O) groups excluding carboxylic acids is 1. The first-order valence-electron chi connectivity index (χ1n) is 13.4. The minimum absolute atomic E-state index is 0.0121. The van der Waals surface area contributed by atoms with Crippen molar-refractivity contribution in [3.63, 3.8) is 0 Å². The van der Waals surface area contributed by atoms with Crippen LogP contribution in [0.1, 0.15) is 51.8 Å². The average Bonchev–Trinajstić information content (AvgIpc) is 3.38. The molecule has 5 rings (SSSR count). The Labute approximate surface area is 245 Å². The highest BCUT2D eigenvalue weighted by molar-refractivity contribution is 8.22. The summed E-state index contributed by atoms with van der Waals surface area (Å²) in [6.07, 6.45) is -5.42. The van der Waals surface area contributed by atoms with Crippen molar-refractivity contribution in [3.05, 3.63) is 52.4 Å². The molecule has 1 unspecified atom stereocenters. The quantitative estimate of drug-likeness (QED) is 0.278. The molecule has 4 N–H and O–H groups in total. The van der Waals surface area contributed by atoms with E-state index in [1.807, 2.05) is 0 Å². The number of H-pyrrole nitrogens is 1. The van der Waals surface area contributed by atoms with Crippen LogP contribution in [-0.2, 0) is 19.8 Å². The zero-order chi connectivity index (χ0) is 31.4. The molecular formula is C27H31F3N6O6S. The molecule has 12 nitrogen and oxygen atoms in total. The second-order valence-corrected chi connectivity index (χ2v) is 13.5. The number of fused-ring (bicyclic) bond motifs is 2. The molecule has 232 valence electrons. The van der Waals surface area contributed by atoms with E-state index in [0.717, 1.165) is 0 Å². The lowest BCUT2D eigenvalue weighted by molar-refractivity contribution is -0.176. The molecule has 3 atom stereocenters. The van der Waals surface area contributed by atoms with E-state index in [-0.39, 0.29) is 53.0 Å². The van der Waals surface area contributed by atoms with Crippen molar-refractivity contribution >= 4 is 33.5 Å². The predicted molar refractivity (Wildman–Crippen MR) is 150 cm³/mol. The average molecular weight is 625 g/mol. The number of benzene rings is 1. The molecule has 0 aliphatic carbocycles. The van der Waals surface area contributed by atoms with Gasteiger partial charge in [0.25, 0.3) is 5.56 Å². The van der Waals surface area contributed by atoms with Crippen LogP contribution in [0.25, 0.3) is 10.9 Å². The first kappa shape index (κ1) is 30.8. The van der Waals surface area contributed by atoms with Crippen LogP contribution in [0.3, 0.4) is 0 Å². The lowest BCUT2D eigenvalue weighted by Crippen LogP contribution is -2.48. The first-order chi connectivity index (χ1) is 20.1. The zero-order valence-corrected chi connectivity index (χ0v) is 24.3. The van der Waals surface area contributed by atoms with Gasteiger partial charge in [-0.1, -0.05) is 18.2 Å². The third kappa shape index (κ3) is 5.83. The van der Waals surface area contributed by atoms with E-state index in [4.69, 9.17) is 9.47 Å². The van der Waals surface area contributed by atoms with Gasteiger partial charge in [-0.15, -0.1) is 10.8 Å². The van der Waals surface area contributed by atoms with Gasteiger partial charge < -0.3 is 19.8 Å². The number of aromatic amines is 1. The van der Waals surface area contributed by atoms with Gasteiger partial charge in [0.2, 0.25) is 0 Å². The molecule has 0 amide bonds. The van der Waals surface area contributed by atoms with Gasteiger partial charge in [0, 0.05) is 11.8 Å². The van der Waals surface area contributed by atoms with Crippen LogP contribution in [0, 0.1) is 11.3 Å². The normalized spacial score (nSPS) is 24.7. The van der Waals surface area contributed by atoms with E-state index in [1.54, 1.807) is 26.8 Å². The van der Waals surface area contributed by atoms with Gasteiger partial charge in [-0.05, 0) is 45.7 Å². The molecular weight excluding hydrogens is 593 g/mol. The Morgan fingerprint density at radius 2 is 2.02 bits per heavy atom. The fourth-order valence-corrected chi connectivity index (χ4v) is 7.25. The third-order valence-corrected chi connectivity index (χ3v) is 9.24. The highest BCUT2D eigenvalue weighted by atomic mass is 32.3. The molecule has 1 fully saturated rings. The van der Waals surface area contributed by atoms with Gasteiger partial charge in [-0.25, -0.2) is 4.79 Å². The fraction of sp³-hybridized carbons (Fsp3) is 0.481. The number of esters is 1. The summed E-state index contributed by atoms with van der Waals surface area (Å²) in [5, 5.41) is 17.2. The molecule has 0 spiro atoms. The number of alkyl halides is 3. The van der Waals surface area contributed by atoms with E-state index in [2.05, 4.69) is 21.5 Å². The van der Waals surface area contributed by atoms with Crippen LogP contribution in [0.5, 0.6) is 0 Å². The number of aromatic nitrogens is 3. The summed E-state index contributed by atoms with van der Waals surface area (Å²) < 4.78 is 75.9. The summed E-state index contributed by atoms with van der Waals surface area (Å²) in [5.74, 6) is -0.682. The maximum absolute atomic E-state index is 13.6. The molecule has 0 saturated carbocycles. The number of carbonyl (C=O) groups is 1. The van der Waals surface area contributed by atoms with E-state index >= 15 is 0 Å². The standard InChI is InChI=1S/C27H31F3N6O6S/c1-25(2,3)42-24(38)18-8-10-26(11-12-31,15-41-18)36-17-9-13-32-23(37)20(17)21(34-36)33-22-16-6-4-5-7-19(16)43(39,40)35(22)14-27(28,29)30/h4-7,9,13,18,22,39-40H,8,10-11,14-15H2,1-3H3,(H,32,37)(H,33,34)/t18-,22?,26-/m0/s1. The lowest BCUT2D eigenvalue weighted by atomic mass is 9.87. The summed E-state index contributed by atoms with van der Waals surface area (Å²) in [6.45, 7) is 3.39. The maximum Gasteiger partial charge on any atom is 0.403 e. The van der Waals surface area contributed by atoms with Gasteiger partial charge in [0.05, 0.1) is 35.0 Å². The SMILES string of the molecule is CC(C)(C)OC(=O)[C@@H]1CC[C@@](CC#N)(n2nc(NC3c4ccccc4S(O)(O)N3CC(F)(F)F)c3c(=O)[nH]ccc32)CO1. The Morgan fingerprint density at radius 1 is 1.30 bits per heavy atom. The van der Waals surface area contributed by atoms with Gasteiger partial charge in [-0.3, -0.25) is 18.6 Å². The Morgan fingerprint density at radius 3 is 2.65 bits per heavy atom. The Hall–Kier alpha value is -3.62. The minimum atomic E-state index is -4.79. The van der Waals surface area contributed by atoms with Crippen LogP contribution in [0.4, 0.5) is 19.0 Å². The van der Waals surface area contributed by atoms with Gasteiger partial charge >= 0.3 is 12.1 Å². The lowest BCUT2D eigenvalue weighted by Gasteiger charge is -2.40. The Balaban J connectivity index is 1.56. The van der Waals surface area contributed by atoms with Crippen molar-refractivity contribution in [1.29, 1.82) is 5.26 Å². The summed E-state index contributed by atoms with van der Waals surface area (Å²) in [5.41, 5.74) is -2.04. The largest absolute Gasteiger partial charge is 0.458 e. The number of hydrogen-bond acceptors (Lipinski definition) is 10. The molecule has 4 heterocycles. The molecule has 1 aromatic carbocycles. The number of ether oxygens (including phenoxy) is 2. The van der Waals surface area contributed by atoms with Gasteiger partial charge in [-0.2, -0.15) is 27.8 Å². The van der Waals surface area contributed by atoms with Crippen LogP contribution in [-0.4, -0.2) is 65.2 Å². The highest BCUT2D eigenvalue weighted by Crippen LogP contribution is 2.63. The monoisotopic (exact) mass is 624 g/mol. The van der Waals surface area contributed by atoms with Crippen LogP contribution < -0.4 is 10.9 Å². The Bertz CT molecular complexity index is 1630. The zero-order valence-electron chi connectivity index (χ0n) is 23.5. The van der Waals surface area contributed by atoms with Crippen LogP contribution >= 0.6 is 10.8 Å². The number of nitriles is 1. The molecule has 3 aromatic rings. The molecule has 1 saturated heterocycles. The van der Waals surface area contributed by atoms with Crippen molar-refractivity contribution in [1.82, 2.24) is 19.1 Å². The summed E-state index contributed by atoms with van der Waals surface area (Å²) in [7, 11) is -4.05. The third-order valence-electron chi connectivity index (χ3n) is 7.29. The van der Waals surface area contributed by atoms with E-state index in [1.165, 1.54) is 35.1 Å². The topological polar surface area (TPSA) is 166 Å². The Kier molecular flexibility index (Phi) is 7.76. The van der Waals surface area contributed by atoms with Crippen LogP contribution in [0.2, 0.25) is 0 Å². The minimum Gasteiger partial charge on any atom is -0.458 e. The molecule has 43 heavy (non-hydrogen) atoms. The van der Waals surface area contributed by atoms with E-state index in [0.29, 0.717) is 4.31 Å². The first-order valence-corrected chi connectivity index (χ1v) is 14.9. The molecule has 2 aliphatic heterocycles. The highest BCUT2D eigenvalue weighted by Gasteiger charge is 2.49.